The molecule has 3 rings (SSSR count). The number of rotatable bonds is 6. The van der Waals surface area contributed by atoms with Gasteiger partial charge < -0.3 is 15.0 Å². The van der Waals surface area contributed by atoms with E-state index < -0.39 is 0 Å². The molecular weight excluding hydrogens is 328 g/mol. The zero-order chi connectivity index (χ0) is 18.4. The molecule has 26 heavy (non-hydrogen) atoms. The lowest BCUT2D eigenvalue weighted by atomic mass is 10.1. The lowest BCUT2D eigenvalue weighted by Crippen LogP contribution is -2.35. The Morgan fingerprint density at radius 1 is 1.15 bits per heavy atom. The van der Waals surface area contributed by atoms with E-state index in [1.165, 1.54) is 0 Å². The first-order valence-corrected chi connectivity index (χ1v) is 9.01. The predicted octanol–water partition coefficient (Wildman–Crippen LogP) is 3.32. The van der Waals surface area contributed by atoms with Crippen molar-refractivity contribution in [1.29, 1.82) is 0 Å². The van der Waals surface area contributed by atoms with Crippen LogP contribution in [0.3, 0.4) is 0 Å². The van der Waals surface area contributed by atoms with Crippen LogP contribution in [-0.2, 0) is 4.79 Å². The Balaban J connectivity index is 1.48. The fourth-order valence-corrected chi connectivity index (χ4v) is 3.01. The minimum Gasteiger partial charge on any atom is -0.492 e. The van der Waals surface area contributed by atoms with Gasteiger partial charge in [-0.25, -0.2) is 0 Å². The molecule has 0 radical (unpaired) electrons. The topological polar surface area (TPSA) is 58.6 Å². The van der Waals surface area contributed by atoms with Gasteiger partial charge in [-0.05, 0) is 61.7 Å². The van der Waals surface area contributed by atoms with Crippen molar-refractivity contribution in [2.75, 3.05) is 24.6 Å². The average Bonchev–Trinajstić information content (AvgIpc) is 2.66. The summed E-state index contributed by atoms with van der Waals surface area (Å²) in [5.41, 5.74) is 2.57. The van der Waals surface area contributed by atoms with Crippen LogP contribution in [0.4, 0.5) is 5.69 Å². The number of nitrogens with zero attached hydrogens (tertiary/aromatic N) is 1. The van der Waals surface area contributed by atoms with Crippen molar-refractivity contribution in [2.45, 2.75) is 26.2 Å². The summed E-state index contributed by atoms with van der Waals surface area (Å²) in [5.74, 6) is 0.811. The zero-order valence-electron chi connectivity index (χ0n) is 15.0. The maximum atomic E-state index is 12.2. The van der Waals surface area contributed by atoms with Gasteiger partial charge in [-0.15, -0.1) is 0 Å². The Morgan fingerprint density at radius 3 is 2.69 bits per heavy atom. The summed E-state index contributed by atoms with van der Waals surface area (Å²) in [5, 5.41) is 2.85. The molecule has 5 nitrogen and oxygen atoms in total. The van der Waals surface area contributed by atoms with Crippen molar-refractivity contribution in [1.82, 2.24) is 5.32 Å². The number of benzene rings is 2. The van der Waals surface area contributed by atoms with Crippen LogP contribution in [0.25, 0.3) is 0 Å². The van der Waals surface area contributed by atoms with E-state index in [4.69, 9.17) is 4.74 Å². The van der Waals surface area contributed by atoms with E-state index in [1.54, 1.807) is 17.0 Å². The zero-order valence-corrected chi connectivity index (χ0v) is 15.0. The van der Waals surface area contributed by atoms with Crippen LogP contribution in [0.2, 0.25) is 0 Å². The van der Waals surface area contributed by atoms with E-state index in [0.29, 0.717) is 25.1 Å². The highest BCUT2D eigenvalue weighted by Crippen LogP contribution is 2.21. The molecule has 0 bridgehead atoms. The van der Waals surface area contributed by atoms with E-state index in [9.17, 15) is 9.59 Å². The molecular formula is C21H24N2O3. The Bertz CT molecular complexity index is 771. The minimum absolute atomic E-state index is 0.144. The number of amides is 2. The summed E-state index contributed by atoms with van der Waals surface area (Å²) in [6.45, 7) is 3.60. The van der Waals surface area contributed by atoms with Gasteiger partial charge in [0.2, 0.25) is 5.91 Å². The molecule has 0 spiro atoms. The van der Waals surface area contributed by atoms with Crippen molar-refractivity contribution in [3.05, 3.63) is 59.7 Å². The van der Waals surface area contributed by atoms with Gasteiger partial charge in [0.05, 0.1) is 6.54 Å². The SMILES string of the molecule is Cc1cccc(OCCNC(=O)c2ccc(N3CCCCC3=O)cc2)c1. The third-order valence-corrected chi connectivity index (χ3v) is 4.41. The van der Waals surface area contributed by atoms with Crippen molar-refractivity contribution in [3.63, 3.8) is 0 Å². The molecule has 136 valence electrons. The molecule has 2 aromatic rings. The Labute approximate surface area is 154 Å². The van der Waals surface area contributed by atoms with Crippen LogP contribution in [0.1, 0.15) is 35.2 Å². The van der Waals surface area contributed by atoms with Crippen LogP contribution >= 0.6 is 0 Å². The van der Waals surface area contributed by atoms with Crippen molar-refractivity contribution < 1.29 is 14.3 Å². The smallest absolute Gasteiger partial charge is 0.251 e. The number of anilines is 1. The Kier molecular flexibility index (Phi) is 5.89. The maximum absolute atomic E-state index is 12.2. The Hall–Kier alpha value is -2.82. The largest absolute Gasteiger partial charge is 0.492 e. The quantitative estimate of drug-likeness (QED) is 0.812. The van der Waals surface area contributed by atoms with Gasteiger partial charge in [0, 0.05) is 24.2 Å². The second-order valence-corrected chi connectivity index (χ2v) is 6.47. The minimum atomic E-state index is -0.144. The van der Waals surface area contributed by atoms with Crippen molar-refractivity contribution in [2.24, 2.45) is 0 Å². The number of carbonyl (C=O) groups excluding carboxylic acids is 2. The van der Waals surface area contributed by atoms with Gasteiger partial charge in [-0.2, -0.15) is 0 Å². The summed E-state index contributed by atoms with van der Waals surface area (Å²) >= 11 is 0. The van der Waals surface area contributed by atoms with Gasteiger partial charge in [-0.3, -0.25) is 9.59 Å². The lowest BCUT2D eigenvalue weighted by molar-refractivity contribution is -0.119. The molecule has 2 aromatic carbocycles. The molecule has 0 saturated carbocycles. The number of aryl methyl sites for hydroxylation is 1. The van der Waals surface area contributed by atoms with Gasteiger partial charge in [0.15, 0.2) is 0 Å². The van der Waals surface area contributed by atoms with Crippen molar-refractivity contribution >= 4 is 17.5 Å². The normalized spacial score (nSPS) is 14.2. The number of carbonyl (C=O) groups is 2. The first kappa shape index (κ1) is 18.0. The van der Waals surface area contributed by atoms with E-state index in [-0.39, 0.29) is 11.8 Å². The monoisotopic (exact) mass is 352 g/mol. The summed E-state index contributed by atoms with van der Waals surface area (Å²) in [6, 6.07) is 15.0. The standard InChI is InChI=1S/C21H24N2O3/c1-16-5-4-6-19(15-16)26-14-12-22-21(25)17-8-10-18(11-9-17)23-13-3-2-7-20(23)24/h4-6,8-11,15H,2-3,7,12-14H2,1H3,(H,22,25). The second kappa shape index (κ2) is 8.52. The predicted molar refractivity (Wildman–Crippen MR) is 102 cm³/mol. The van der Waals surface area contributed by atoms with Crippen LogP contribution in [0.15, 0.2) is 48.5 Å². The summed E-state index contributed by atoms with van der Waals surface area (Å²) < 4.78 is 5.62. The molecule has 1 fully saturated rings. The molecule has 1 heterocycles. The van der Waals surface area contributed by atoms with Crippen molar-refractivity contribution in [3.8, 4) is 5.75 Å². The highest BCUT2D eigenvalue weighted by molar-refractivity contribution is 5.96. The number of hydrogen-bond donors (Lipinski definition) is 1. The molecule has 2 amide bonds. The average molecular weight is 352 g/mol. The van der Waals surface area contributed by atoms with Crippen LogP contribution in [0, 0.1) is 6.92 Å². The summed E-state index contributed by atoms with van der Waals surface area (Å²) in [7, 11) is 0. The molecule has 5 heteroatoms. The molecule has 1 aliphatic heterocycles. The molecule has 1 aliphatic rings. The summed E-state index contributed by atoms with van der Waals surface area (Å²) in [4.78, 5) is 26.0. The third-order valence-electron chi connectivity index (χ3n) is 4.41. The van der Waals surface area contributed by atoms with E-state index >= 15 is 0 Å². The number of hydrogen-bond acceptors (Lipinski definition) is 3. The Morgan fingerprint density at radius 2 is 1.96 bits per heavy atom. The van der Waals surface area contributed by atoms with E-state index in [1.807, 2.05) is 43.3 Å². The summed E-state index contributed by atoms with van der Waals surface area (Å²) in [6.07, 6.45) is 2.58. The lowest BCUT2D eigenvalue weighted by Gasteiger charge is -2.26. The van der Waals surface area contributed by atoms with E-state index in [0.717, 1.165) is 36.4 Å². The number of ether oxygens (including phenoxy) is 1. The number of nitrogens with one attached hydrogen (secondary N) is 1. The van der Waals surface area contributed by atoms with E-state index in [2.05, 4.69) is 5.32 Å². The molecule has 1 N–H and O–H groups in total. The maximum Gasteiger partial charge on any atom is 0.251 e. The molecule has 0 unspecified atom stereocenters. The van der Waals surface area contributed by atoms with Gasteiger partial charge in [0.25, 0.3) is 5.91 Å². The molecule has 0 atom stereocenters. The molecule has 0 aliphatic carbocycles. The van der Waals surface area contributed by atoms with Crippen LogP contribution in [0.5, 0.6) is 5.75 Å². The van der Waals surface area contributed by atoms with Gasteiger partial charge in [0.1, 0.15) is 12.4 Å². The highest BCUT2D eigenvalue weighted by atomic mass is 16.5. The molecule has 1 saturated heterocycles. The first-order valence-electron chi connectivity index (χ1n) is 9.01. The van der Waals surface area contributed by atoms with Crippen LogP contribution in [-0.4, -0.2) is 31.5 Å². The first-order chi connectivity index (χ1) is 12.6. The number of piperidine rings is 1. The molecule has 0 aromatic heterocycles. The second-order valence-electron chi connectivity index (χ2n) is 6.47. The highest BCUT2D eigenvalue weighted by Gasteiger charge is 2.19. The fraction of sp³-hybridized carbons (Fsp3) is 0.333. The van der Waals surface area contributed by atoms with Crippen LogP contribution < -0.4 is 15.0 Å². The van der Waals surface area contributed by atoms with Gasteiger partial charge >= 0.3 is 0 Å². The van der Waals surface area contributed by atoms with Gasteiger partial charge in [-0.1, -0.05) is 12.1 Å². The third kappa shape index (κ3) is 4.63. The fourth-order valence-electron chi connectivity index (χ4n) is 3.01.